The summed E-state index contributed by atoms with van der Waals surface area (Å²) in [4.78, 5) is 29.6. The number of pyridine rings is 1. The molecule has 0 bridgehead atoms. The molecule has 0 unspecified atom stereocenters. The molecule has 1 aromatic heterocycles. The Labute approximate surface area is 172 Å². The highest BCUT2D eigenvalue weighted by Crippen LogP contribution is 2.26. The number of amides is 2. The molecule has 29 heavy (non-hydrogen) atoms. The Balaban J connectivity index is 1.30. The summed E-state index contributed by atoms with van der Waals surface area (Å²) in [5.41, 5.74) is 3.21. The molecule has 0 radical (unpaired) electrons. The van der Waals surface area contributed by atoms with Crippen LogP contribution in [0.25, 0.3) is 0 Å². The van der Waals surface area contributed by atoms with E-state index in [2.05, 4.69) is 16.4 Å². The predicted molar refractivity (Wildman–Crippen MR) is 113 cm³/mol. The van der Waals surface area contributed by atoms with Crippen molar-refractivity contribution < 1.29 is 14.3 Å². The van der Waals surface area contributed by atoms with E-state index in [4.69, 9.17) is 4.74 Å². The average Bonchev–Trinajstić information content (AvgIpc) is 2.74. The lowest BCUT2D eigenvalue weighted by Crippen LogP contribution is -2.27. The minimum absolute atomic E-state index is 0.0610. The molecule has 0 fully saturated rings. The van der Waals surface area contributed by atoms with Gasteiger partial charge >= 0.3 is 0 Å². The third-order valence-corrected chi connectivity index (χ3v) is 5.13. The van der Waals surface area contributed by atoms with Crippen LogP contribution in [0.1, 0.15) is 43.2 Å². The molecule has 0 saturated heterocycles. The molecular formula is C23H29N3O3. The van der Waals surface area contributed by atoms with E-state index in [-0.39, 0.29) is 11.8 Å². The van der Waals surface area contributed by atoms with Gasteiger partial charge in [0.25, 0.3) is 0 Å². The van der Waals surface area contributed by atoms with E-state index in [1.54, 1.807) is 6.20 Å². The third-order valence-electron chi connectivity index (χ3n) is 5.13. The molecular weight excluding hydrogens is 366 g/mol. The number of carbonyl (C=O) groups excluding carboxylic acids is 2. The summed E-state index contributed by atoms with van der Waals surface area (Å²) in [6.07, 6.45) is 9.13. The van der Waals surface area contributed by atoms with Crippen molar-refractivity contribution >= 4 is 17.5 Å². The molecule has 0 spiro atoms. The summed E-state index contributed by atoms with van der Waals surface area (Å²) in [5.74, 6) is 1.00. The second-order valence-electron chi connectivity index (χ2n) is 7.45. The molecule has 1 aromatic carbocycles. The monoisotopic (exact) mass is 395 g/mol. The summed E-state index contributed by atoms with van der Waals surface area (Å²) in [5, 5.41) is 2.86. The molecule has 154 valence electrons. The van der Waals surface area contributed by atoms with Crippen LogP contribution in [0.3, 0.4) is 0 Å². The Morgan fingerprint density at radius 2 is 2.10 bits per heavy atom. The first-order valence-electron chi connectivity index (χ1n) is 10.3. The van der Waals surface area contributed by atoms with Gasteiger partial charge in [-0.3, -0.25) is 14.6 Å². The molecule has 2 amide bonds. The number of nitrogens with zero attached hydrogens (tertiary/aromatic N) is 2. The van der Waals surface area contributed by atoms with E-state index in [1.807, 2.05) is 42.4 Å². The SMILES string of the molecule is CN(CCCCc1cccnc1)C(=O)CCCOc1ccc2c(c1)CCC(=O)N2. The van der Waals surface area contributed by atoms with Gasteiger partial charge in [0.2, 0.25) is 11.8 Å². The Hall–Kier alpha value is -2.89. The first-order chi connectivity index (χ1) is 14.1. The average molecular weight is 396 g/mol. The number of benzene rings is 1. The number of anilines is 1. The minimum atomic E-state index is 0.0610. The Morgan fingerprint density at radius 1 is 1.21 bits per heavy atom. The highest BCUT2D eigenvalue weighted by atomic mass is 16.5. The molecule has 1 aliphatic rings. The first-order valence-corrected chi connectivity index (χ1v) is 10.3. The van der Waals surface area contributed by atoms with E-state index in [0.29, 0.717) is 25.9 Å². The summed E-state index contributed by atoms with van der Waals surface area (Å²) < 4.78 is 5.79. The van der Waals surface area contributed by atoms with Gasteiger partial charge in [0.1, 0.15) is 5.75 Å². The zero-order valence-corrected chi connectivity index (χ0v) is 17.0. The van der Waals surface area contributed by atoms with E-state index in [0.717, 1.165) is 49.2 Å². The summed E-state index contributed by atoms with van der Waals surface area (Å²) in [6, 6.07) is 9.76. The standard InChI is InChI=1S/C23H29N3O3/c1-26(14-3-2-6-18-7-4-13-24-17-18)23(28)8-5-15-29-20-10-11-21-19(16-20)9-12-22(27)25-21/h4,7,10-11,13,16-17H,2-3,5-6,8-9,12,14-15H2,1H3,(H,25,27). The Bertz CT molecular complexity index is 823. The normalized spacial score (nSPS) is 12.8. The van der Waals surface area contributed by atoms with Crippen LogP contribution >= 0.6 is 0 Å². The van der Waals surface area contributed by atoms with Crippen LogP contribution in [0.5, 0.6) is 5.75 Å². The number of rotatable bonds is 10. The molecule has 0 aliphatic carbocycles. The maximum absolute atomic E-state index is 12.3. The molecule has 3 rings (SSSR count). The van der Waals surface area contributed by atoms with Gasteiger partial charge in [-0.05, 0) is 67.5 Å². The fraction of sp³-hybridized carbons (Fsp3) is 0.435. The highest BCUT2D eigenvalue weighted by molar-refractivity contribution is 5.94. The molecule has 1 aliphatic heterocycles. The number of ether oxygens (including phenoxy) is 1. The van der Waals surface area contributed by atoms with Crippen molar-refractivity contribution in [2.45, 2.75) is 44.9 Å². The van der Waals surface area contributed by atoms with Crippen LogP contribution in [0.4, 0.5) is 5.69 Å². The lowest BCUT2D eigenvalue weighted by Gasteiger charge is -2.18. The fourth-order valence-corrected chi connectivity index (χ4v) is 3.40. The van der Waals surface area contributed by atoms with Gasteiger partial charge in [-0.25, -0.2) is 0 Å². The van der Waals surface area contributed by atoms with Gasteiger partial charge in [-0.2, -0.15) is 0 Å². The van der Waals surface area contributed by atoms with Gasteiger partial charge in [0.05, 0.1) is 6.61 Å². The molecule has 6 heteroatoms. The van der Waals surface area contributed by atoms with Crippen LogP contribution in [0, 0.1) is 0 Å². The Morgan fingerprint density at radius 3 is 2.93 bits per heavy atom. The van der Waals surface area contributed by atoms with E-state index in [9.17, 15) is 9.59 Å². The summed E-state index contributed by atoms with van der Waals surface area (Å²) >= 11 is 0. The molecule has 2 heterocycles. The quantitative estimate of drug-likeness (QED) is 0.624. The van der Waals surface area contributed by atoms with Gasteiger partial charge in [-0.15, -0.1) is 0 Å². The zero-order chi connectivity index (χ0) is 20.5. The Kier molecular flexibility index (Phi) is 7.61. The van der Waals surface area contributed by atoms with Crippen molar-refractivity contribution in [3.8, 4) is 5.75 Å². The van der Waals surface area contributed by atoms with Crippen molar-refractivity contribution in [2.24, 2.45) is 0 Å². The van der Waals surface area contributed by atoms with Crippen molar-refractivity contribution in [3.63, 3.8) is 0 Å². The van der Waals surface area contributed by atoms with E-state index in [1.165, 1.54) is 5.56 Å². The number of hydrogen-bond acceptors (Lipinski definition) is 4. The van der Waals surface area contributed by atoms with Crippen molar-refractivity contribution in [3.05, 3.63) is 53.9 Å². The number of carbonyl (C=O) groups is 2. The largest absolute Gasteiger partial charge is 0.494 e. The van der Waals surface area contributed by atoms with Crippen LogP contribution < -0.4 is 10.1 Å². The lowest BCUT2D eigenvalue weighted by molar-refractivity contribution is -0.130. The van der Waals surface area contributed by atoms with Gasteiger partial charge in [0, 0.05) is 44.5 Å². The van der Waals surface area contributed by atoms with Crippen LogP contribution in [-0.2, 0) is 22.4 Å². The van der Waals surface area contributed by atoms with E-state index >= 15 is 0 Å². The van der Waals surface area contributed by atoms with E-state index < -0.39 is 0 Å². The van der Waals surface area contributed by atoms with Crippen LogP contribution in [0.2, 0.25) is 0 Å². The van der Waals surface area contributed by atoms with Crippen molar-refractivity contribution in [1.82, 2.24) is 9.88 Å². The smallest absolute Gasteiger partial charge is 0.224 e. The molecule has 0 saturated carbocycles. The fourth-order valence-electron chi connectivity index (χ4n) is 3.40. The number of unbranched alkanes of at least 4 members (excludes halogenated alkanes) is 1. The van der Waals surface area contributed by atoms with Gasteiger partial charge in [0.15, 0.2) is 0 Å². The molecule has 0 atom stereocenters. The number of aromatic nitrogens is 1. The number of fused-ring (bicyclic) bond motifs is 1. The topological polar surface area (TPSA) is 71.5 Å². The highest BCUT2D eigenvalue weighted by Gasteiger charge is 2.15. The number of aryl methyl sites for hydroxylation is 2. The predicted octanol–water partition coefficient (Wildman–Crippen LogP) is 3.61. The van der Waals surface area contributed by atoms with Crippen LogP contribution in [-0.4, -0.2) is 41.9 Å². The summed E-state index contributed by atoms with van der Waals surface area (Å²) in [6.45, 7) is 1.28. The van der Waals surface area contributed by atoms with Crippen molar-refractivity contribution in [1.29, 1.82) is 0 Å². The molecule has 2 aromatic rings. The second-order valence-corrected chi connectivity index (χ2v) is 7.45. The molecule has 6 nitrogen and oxygen atoms in total. The van der Waals surface area contributed by atoms with Gasteiger partial charge < -0.3 is 15.0 Å². The third kappa shape index (κ3) is 6.59. The summed E-state index contributed by atoms with van der Waals surface area (Å²) in [7, 11) is 1.87. The van der Waals surface area contributed by atoms with Gasteiger partial charge in [-0.1, -0.05) is 6.07 Å². The number of hydrogen-bond donors (Lipinski definition) is 1. The van der Waals surface area contributed by atoms with Crippen molar-refractivity contribution in [2.75, 3.05) is 25.5 Å². The maximum atomic E-state index is 12.3. The lowest BCUT2D eigenvalue weighted by atomic mass is 10.0. The second kappa shape index (κ2) is 10.6. The maximum Gasteiger partial charge on any atom is 0.224 e. The van der Waals surface area contributed by atoms with Crippen LogP contribution in [0.15, 0.2) is 42.7 Å². The first kappa shape index (κ1) is 20.8. The molecule has 1 N–H and O–H groups in total. The zero-order valence-electron chi connectivity index (χ0n) is 17.0. The number of nitrogens with one attached hydrogen (secondary N) is 1. The minimum Gasteiger partial charge on any atom is -0.494 e.